The van der Waals surface area contributed by atoms with Gasteiger partial charge in [0, 0.05) is 11.6 Å². The van der Waals surface area contributed by atoms with Crippen LogP contribution in [0.4, 0.5) is 15.3 Å². The fraction of sp³-hybridized carbons (Fsp3) is 0.0556. The molecule has 0 aliphatic carbocycles. The van der Waals surface area contributed by atoms with Crippen molar-refractivity contribution in [3.8, 4) is 11.3 Å². The second kappa shape index (κ2) is 5.98. The van der Waals surface area contributed by atoms with Gasteiger partial charge in [0.15, 0.2) is 5.13 Å². The predicted molar refractivity (Wildman–Crippen MR) is 95.1 cm³/mol. The number of halogens is 1. The number of benzene rings is 2. The first-order valence-electron chi connectivity index (χ1n) is 7.41. The zero-order valence-electron chi connectivity index (χ0n) is 12.8. The molecule has 4 rings (SSSR count). The lowest BCUT2D eigenvalue weighted by atomic mass is 10.1. The van der Waals surface area contributed by atoms with E-state index in [0.717, 1.165) is 21.5 Å². The van der Waals surface area contributed by atoms with Crippen molar-refractivity contribution in [1.82, 2.24) is 15.0 Å². The fourth-order valence-corrected chi connectivity index (χ4v) is 3.35. The van der Waals surface area contributed by atoms with Gasteiger partial charge in [-0.2, -0.15) is 0 Å². The third-order valence-electron chi connectivity index (χ3n) is 3.49. The zero-order chi connectivity index (χ0) is 16.5. The molecule has 0 bridgehead atoms. The van der Waals surface area contributed by atoms with Crippen LogP contribution in [0.3, 0.4) is 0 Å². The number of fused-ring (bicyclic) bond motifs is 1. The molecule has 24 heavy (non-hydrogen) atoms. The molecule has 0 spiro atoms. The van der Waals surface area contributed by atoms with E-state index >= 15 is 0 Å². The third-order valence-corrected chi connectivity index (χ3v) is 4.43. The van der Waals surface area contributed by atoms with Crippen LogP contribution < -0.4 is 5.32 Å². The number of hydrogen-bond donors (Lipinski definition) is 1. The van der Waals surface area contributed by atoms with E-state index in [9.17, 15) is 4.39 Å². The van der Waals surface area contributed by atoms with Crippen LogP contribution in [0.5, 0.6) is 0 Å². The molecule has 2 aromatic carbocycles. The molecule has 0 saturated carbocycles. The minimum Gasteiger partial charge on any atom is -0.316 e. The summed E-state index contributed by atoms with van der Waals surface area (Å²) in [4.78, 5) is 13.4. The summed E-state index contributed by atoms with van der Waals surface area (Å²) in [6.07, 6.45) is 0. The maximum absolute atomic E-state index is 13.3. The summed E-state index contributed by atoms with van der Waals surface area (Å²) in [5, 5.41) is 3.87. The van der Waals surface area contributed by atoms with E-state index in [1.165, 1.54) is 23.5 Å². The second-order valence-electron chi connectivity index (χ2n) is 5.31. The summed E-state index contributed by atoms with van der Waals surface area (Å²) in [7, 11) is 0. The maximum Gasteiger partial charge on any atom is 0.189 e. The molecule has 0 fully saturated rings. The fourth-order valence-electron chi connectivity index (χ4n) is 2.45. The molecule has 4 nitrogen and oxygen atoms in total. The lowest BCUT2D eigenvalue weighted by Gasteiger charge is -2.06. The van der Waals surface area contributed by atoms with Gasteiger partial charge in [-0.25, -0.2) is 19.3 Å². The Bertz CT molecular complexity index is 1010. The molecule has 0 aliphatic rings. The topological polar surface area (TPSA) is 50.7 Å². The van der Waals surface area contributed by atoms with Crippen molar-refractivity contribution < 1.29 is 4.39 Å². The van der Waals surface area contributed by atoms with Gasteiger partial charge in [-0.3, -0.25) is 0 Å². The average Bonchev–Trinajstić information content (AvgIpc) is 2.96. The number of aryl methyl sites for hydroxylation is 1. The van der Waals surface area contributed by atoms with Crippen molar-refractivity contribution >= 4 is 32.5 Å². The number of hydrogen-bond acceptors (Lipinski definition) is 5. The Morgan fingerprint density at radius 1 is 0.958 bits per heavy atom. The van der Waals surface area contributed by atoms with Crippen molar-refractivity contribution in [2.24, 2.45) is 0 Å². The standard InChI is InChI=1S/C18H13FN4S/c1-11-20-15(12-5-3-2-4-6-12)10-17(21-11)23-18-22-14-8-7-13(19)9-16(14)24-18/h2-10H,1H3,(H,20,21,22,23). The number of nitrogens with zero attached hydrogens (tertiary/aromatic N) is 3. The quantitative estimate of drug-likeness (QED) is 0.575. The van der Waals surface area contributed by atoms with Crippen LogP contribution >= 0.6 is 11.3 Å². The smallest absolute Gasteiger partial charge is 0.189 e. The third kappa shape index (κ3) is 2.96. The molecule has 2 aromatic heterocycles. The Kier molecular flexibility index (Phi) is 3.66. The van der Waals surface area contributed by atoms with Gasteiger partial charge < -0.3 is 5.32 Å². The van der Waals surface area contributed by atoms with Gasteiger partial charge in [-0.15, -0.1) is 0 Å². The number of anilines is 2. The lowest BCUT2D eigenvalue weighted by molar-refractivity contribution is 0.630. The highest BCUT2D eigenvalue weighted by Gasteiger charge is 2.08. The zero-order valence-corrected chi connectivity index (χ0v) is 13.6. The molecule has 6 heteroatoms. The molecule has 0 unspecified atom stereocenters. The number of aromatic nitrogens is 3. The van der Waals surface area contributed by atoms with Gasteiger partial charge in [-0.1, -0.05) is 41.7 Å². The van der Waals surface area contributed by atoms with Crippen LogP contribution in [-0.4, -0.2) is 15.0 Å². The Hall–Kier alpha value is -2.86. The van der Waals surface area contributed by atoms with Crippen LogP contribution in [0.1, 0.15) is 5.82 Å². The van der Waals surface area contributed by atoms with E-state index < -0.39 is 0 Å². The molecule has 0 atom stereocenters. The van der Waals surface area contributed by atoms with Crippen LogP contribution in [0.25, 0.3) is 21.5 Å². The first-order valence-corrected chi connectivity index (χ1v) is 8.23. The van der Waals surface area contributed by atoms with Crippen LogP contribution in [0.15, 0.2) is 54.6 Å². The minimum absolute atomic E-state index is 0.262. The Morgan fingerprint density at radius 2 is 1.79 bits per heavy atom. The predicted octanol–water partition coefficient (Wildman–Crippen LogP) is 4.94. The van der Waals surface area contributed by atoms with Crippen LogP contribution in [-0.2, 0) is 0 Å². The minimum atomic E-state index is -0.262. The number of nitrogens with one attached hydrogen (secondary N) is 1. The average molecular weight is 336 g/mol. The van der Waals surface area contributed by atoms with Gasteiger partial charge in [0.05, 0.1) is 15.9 Å². The van der Waals surface area contributed by atoms with Crippen molar-refractivity contribution in [2.45, 2.75) is 6.92 Å². The van der Waals surface area contributed by atoms with Crippen LogP contribution in [0.2, 0.25) is 0 Å². The largest absolute Gasteiger partial charge is 0.316 e. The lowest BCUT2D eigenvalue weighted by Crippen LogP contribution is -1.98. The van der Waals surface area contributed by atoms with Gasteiger partial charge in [0.25, 0.3) is 0 Å². The molecule has 118 valence electrons. The Labute approximate surface area is 142 Å². The SMILES string of the molecule is Cc1nc(Nc2nc3ccc(F)cc3s2)cc(-c2ccccc2)n1. The normalized spacial score (nSPS) is 10.9. The number of rotatable bonds is 3. The summed E-state index contributed by atoms with van der Waals surface area (Å²) in [5.74, 6) is 1.08. The first kappa shape index (κ1) is 14.7. The van der Waals surface area contributed by atoms with E-state index in [-0.39, 0.29) is 5.82 Å². The maximum atomic E-state index is 13.3. The summed E-state index contributed by atoms with van der Waals surface area (Å²) in [6.45, 7) is 1.85. The molecule has 4 aromatic rings. The van der Waals surface area contributed by atoms with Crippen molar-refractivity contribution in [3.63, 3.8) is 0 Å². The van der Waals surface area contributed by atoms with E-state index in [1.54, 1.807) is 6.07 Å². The highest BCUT2D eigenvalue weighted by atomic mass is 32.1. The summed E-state index contributed by atoms with van der Waals surface area (Å²) in [5.41, 5.74) is 2.63. The van der Waals surface area contributed by atoms with Gasteiger partial charge in [0.1, 0.15) is 17.5 Å². The molecule has 0 amide bonds. The highest BCUT2D eigenvalue weighted by Crippen LogP contribution is 2.29. The Balaban J connectivity index is 1.69. The molecular weight excluding hydrogens is 323 g/mol. The molecular formula is C18H13FN4S. The van der Waals surface area contributed by atoms with E-state index in [2.05, 4.69) is 20.3 Å². The van der Waals surface area contributed by atoms with Gasteiger partial charge in [-0.05, 0) is 25.1 Å². The highest BCUT2D eigenvalue weighted by molar-refractivity contribution is 7.22. The van der Waals surface area contributed by atoms with E-state index in [4.69, 9.17) is 0 Å². The molecule has 2 heterocycles. The molecule has 0 aliphatic heterocycles. The van der Waals surface area contributed by atoms with Crippen molar-refractivity contribution in [2.75, 3.05) is 5.32 Å². The first-order chi connectivity index (χ1) is 11.7. The summed E-state index contributed by atoms with van der Waals surface area (Å²) < 4.78 is 14.1. The second-order valence-corrected chi connectivity index (χ2v) is 6.34. The Morgan fingerprint density at radius 3 is 2.62 bits per heavy atom. The monoisotopic (exact) mass is 336 g/mol. The molecule has 0 saturated heterocycles. The van der Waals surface area contributed by atoms with Gasteiger partial charge in [0.2, 0.25) is 0 Å². The summed E-state index contributed by atoms with van der Waals surface area (Å²) in [6, 6.07) is 16.4. The van der Waals surface area contributed by atoms with E-state index in [0.29, 0.717) is 16.8 Å². The van der Waals surface area contributed by atoms with Crippen molar-refractivity contribution in [3.05, 3.63) is 66.2 Å². The van der Waals surface area contributed by atoms with Crippen LogP contribution in [0, 0.1) is 12.7 Å². The number of thiazole rings is 1. The summed E-state index contributed by atoms with van der Waals surface area (Å²) >= 11 is 1.39. The molecule has 1 N–H and O–H groups in total. The molecule has 0 radical (unpaired) electrons. The van der Waals surface area contributed by atoms with Gasteiger partial charge >= 0.3 is 0 Å². The van der Waals surface area contributed by atoms with Crippen molar-refractivity contribution in [1.29, 1.82) is 0 Å². The van der Waals surface area contributed by atoms with E-state index in [1.807, 2.05) is 43.3 Å².